The van der Waals surface area contributed by atoms with Gasteiger partial charge in [-0.05, 0) is 30.9 Å². The molecule has 1 saturated carbocycles. The highest BCUT2D eigenvalue weighted by molar-refractivity contribution is 6.01. The zero-order valence-electron chi connectivity index (χ0n) is 12.7. The lowest BCUT2D eigenvalue weighted by Crippen LogP contribution is -2.45. The summed E-state index contributed by atoms with van der Waals surface area (Å²) in [4.78, 5) is 12.3. The van der Waals surface area contributed by atoms with E-state index in [4.69, 9.17) is 10.5 Å². The van der Waals surface area contributed by atoms with Gasteiger partial charge in [-0.3, -0.25) is 4.79 Å². The molecule has 2 unspecified atom stereocenters. The van der Waals surface area contributed by atoms with Gasteiger partial charge in [-0.2, -0.15) is 0 Å². The number of ether oxygens (including phenoxy) is 1. The van der Waals surface area contributed by atoms with Crippen molar-refractivity contribution in [3.05, 3.63) is 23.8 Å². The highest BCUT2D eigenvalue weighted by atomic mass is 16.5. The molecule has 0 aromatic heterocycles. The zero-order chi connectivity index (χ0) is 15.5. The van der Waals surface area contributed by atoms with Gasteiger partial charge in [0.25, 0.3) is 5.91 Å². The van der Waals surface area contributed by atoms with Crippen LogP contribution in [0.4, 0.5) is 5.69 Å². The van der Waals surface area contributed by atoms with Gasteiger partial charge in [0.1, 0.15) is 11.3 Å². The fourth-order valence-corrected chi connectivity index (χ4v) is 3.09. The van der Waals surface area contributed by atoms with E-state index in [2.05, 4.69) is 12.2 Å². The normalized spacial score (nSPS) is 25.4. The number of nitrogens with two attached hydrogens (primary N) is 1. The Labute approximate surface area is 125 Å². The molecule has 1 aliphatic rings. The third-order valence-corrected chi connectivity index (χ3v) is 4.15. The molecule has 1 aromatic rings. The second kappa shape index (κ2) is 6.35. The van der Waals surface area contributed by atoms with Gasteiger partial charge < -0.3 is 20.9 Å². The molecule has 0 radical (unpaired) electrons. The van der Waals surface area contributed by atoms with E-state index >= 15 is 0 Å². The zero-order valence-corrected chi connectivity index (χ0v) is 12.7. The van der Waals surface area contributed by atoms with Crippen molar-refractivity contribution in [1.29, 1.82) is 0 Å². The first-order valence-electron chi connectivity index (χ1n) is 7.38. The molecule has 0 heterocycles. The van der Waals surface area contributed by atoms with E-state index in [1.54, 1.807) is 18.2 Å². The van der Waals surface area contributed by atoms with E-state index < -0.39 is 5.60 Å². The van der Waals surface area contributed by atoms with Crippen molar-refractivity contribution in [2.24, 2.45) is 5.92 Å². The molecule has 1 aliphatic carbocycles. The van der Waals surface area contributed by atoms with Crippen molar-refractivity contribution in [2.75, 3.05) is 19.4 Å². The van der Waals surface area contributed by atoms with Crippen LogP contribution >= 0.6 is 0 Å². The number of methoxy groups -OCH3 is 1. The highest BCUT2D eigenvalue weighted by Crippen LogP contribution is 2.32. The average Bonchev–Trinajstić information content (AvgIpc) is 2.44. The molecule has 21 heavy (non-hydrogen) atoms. The summed E-state index contributed by atoms with van der Waals surface area (Å²) < 4.78 is 5.18. The fourth-order valence-electron chi connectivity index (χ4n) is 3.09. The summed E-state index contributed by atoms with van der Waals surface area (Å²) in [6.07, 6.45) is 3.56. The topological polar surface area (TPSA) is 84.6 Å². The van der Waals surface area contributed by atoms with Crippen molar-refractivity contribution in [1.82, 2.24) is 5.32 Å². The number of aliphatic hydroxyl groups is 1. The van der Waals surface area contributed by atoms with Gasteiger partial charge in [-0.15, -0.1) is 0 Å². The minimum absolute atomic E-state index is 0.244. The minimum Gasteiger partial charge on any atom is -0.496 e. The Kier molecular flexibility index (Phi) is 4.73. The van der Waals surface area contributed by atoms with Gasteiger partial charge >= 0.3 is 0 Å². The van der Waals surface area contributed by atoms with Crippen molar-refractivity contribution < 1.29 is 14.6 Å². The number of amides is 1. The average molecular weight is 292 g/mol. The predicted molar refractivity (Wildman–Crippen MR) is 82.3 cm³/mol. The smallest absolute Gasteiger partial charge is 0.257 e. The number of rotatable bonds is 4. The Bertz CT molecular complexity index is 518. The Morgan fingerprint density at radius 3 is 3.00 bits per heavy atom. The van der Waals surface area contributed by atoms with Crippen molar-refractivity contribution in [3.63, 3.8) is 0 Å². The summed E-state index contributed by atoms with van der Waals surface area (Å²) in [6, 6.07) is 5.10. The number of carbonyl (C=O) groups is 1. The lowest BCUT2D eigenvalue weighted by molar-refractivity contribution is -0.0109. The molecule has 0 saturated heterocycles. The summed E-state index contributed by atoms with van der Waals surface area (Å²) in [5, 5.41) is 13.4. The molecule has 0 bridgehead atoms. The van der Waals surface area contributed by atoms with E-state index in [0.29, 0.717) is 29.3 Å². The summed E-state index contributed by atoms with van der Waals surface area (Å²) in [5.74, 6) is 0.616. The third-order valence-electron chi connectivity index (χ3n) is 4.15. The second-order valence-corrected chi connectivity index (χ2v) is 6.03. The van der Waals surface area contributed by atoms with Crippen LogP contribution in [0.5, 0.6) is 5.75 Å². The number of hydrogen-bond acceptors (Lipinski definition) is 4. The van der Waals surface area contributed by atoms with Crippen LogP contribution in [0, 0.1) is 5.92 Å². The van der Waals surface area contributed by atoms with Crippen LogP contribution in [-0.2, 0) is 0 Å². The predicted octanol–water partition coefficient (Wildman–Crippen LogP) is 1.95. The van der Waals surface area contributed by atoms with Gasteiger partial charge in [0, 0.05) is 12.2 Å². The minimum atomic E-state index is -0.815. The molecule has 2 atom stereocenters. The first-order valence-corrected chi connectivity index (χ1v) is 7.38. The number of hydrogen-bond donors (Lipinski definition) is 3. The molecule has 1 fully saturated rings. The number of carbonyl (C=O) groups excluding carboxylic acids is 1. The van der Waals surface area contributed by atoms with Crippen LogP contribution in [0.1, 0.15) is 43.0 Å². The van der Waals surface area contributed by atoms with E-state index in [0.717, 1.165) is 19.3 Å². The molecule has 0 spiro atoms. The van der Waals surface area contributed by atoms with Gasteiger partial charge in [-0.1, -0.05) is 25.8 Å². The Balaban J connectivity index is 2.05. The molecule has 5 heteroatoms. The van der Waals surface area contributed by atoms with Crippen LogP contribution < -0.4 is 15.8 Å². The second-order valence-electron chi connectivity index (χ2n) is 6.03. The maximum absolute atomic E-state index is 12.3. The molecule has 0 aliphatic heterocycles. The number of nitrogen functional groups attached to an aromatic ring is 1. The first kappa shape index (κ1) is 15.6. The monoisotopic (exact) mass is 292 g/mol. The van der Waals surface area contributed by atoms with Crippen LogP contribution in [-0.4, -0.2) is 30.3 Å². The molecule has 4 N–H and O–H groups in total. The Morgan fingerprint density at radius 2 is 2.33 bits per heavy atom. The molecule has 116 valence electrons. The fraction of sp³-hybridized carbons (Fsp3) is 0.562. The van der Waals surface area contributed by atoms with Crippen molar-refractivity contribution >= 4 is 11.6 Å². The van der Waals surface area contributed by atoms with Gasteiger partial charge in [0.05, 0.1) is 12.7 Å². The van der Waals surface area contributed by atoms with Crippen LogP contribution in [0.3, 0.4) is 0 Å². The highest BCUT2D eigenvalue weighted by Gasteiger charge is 2.33. The van der Waals surface area contributed by atoms with Crippen LogP contribution in [0.2, 0.25) is 0 Å². The maximum atomic E-state index is 12.3. The molecule has 5 nitrogen and oxygen atoms in total. The molecule has 2 rings (SSSR count). The lowest BCUT2D eigenvalue weighted by Gasteiger charge is -2.35. The van der Waals surface area contributed by atoms with E-state index in [9.17, 15) is 9.90 Å². The van der Waals surface area contributed by atoms with Crippen LogP contribution in [0.25, 0.3) is 0 Å². The number of nitrogens with one attached hydrogen (secondary N) is 1. The summed E-state index contributed by atoms with van der Waals surface area (Å²) in [7, 11) is 1.50. The number of anilines is 1. The van der Waals surface area contributed by atoms with Crippen LogP contribution in [0.15, 0.2) is 18.2 Å². The molecule has 1 aromatic carbocycles. The molecule has 1 amide bonds. The van der Waals surface area contributed by atoms with E-state index in [-0.39, 0.29) is 12.5 Å². The molecular formula is C16H24N2O3. The van der Waals surface area contributed by atoms with Crippen molar-refractivity contribution in [3.8, 4) is 5.75 Å². The largest absolute Gasteiger partial charge is 0.496 e. The number of benzene rings is 1. The summed E-state index contributed by atoms with van der Waals surface area (Å²) in [6.45, 7) is 2.37. The maximum Gasteiger partial charge on any atom is 0.257 e. The lowest BCUT2D eigenvalue weighted by atomic mass is 9.79. The van der Waals surface area contributed by atoms with E-state index in [1.165, 1.54) is 7.11 Å². The van der Waals surface area contributed by atoms with Gasteiger partial charge in [-0.25, -0.2) is 0 Å². The SMILES string of the molecule is COc1cccc(N)c1C(=O)NCC1(O)CCCC(C)C1. The van der Waals surface area contributed by atoms with Gasteiger partial charge in [0.2, 0.25) is 0 Å². The molecular weight excluding hydrogens is 268 g/mol. The summed E-state index contributed by atoms with van der Waals surface area (Å²) in [5.41, 5.74) is 5.74. The summed E-state index contributed by atoms with van der Waals surface area (Å²) >= 11 is 0. The quantitative estimate of drug-likeness (QED) is 0.741. The Hall–Kier alpha value is -1.75. The van der Waals surface area contributed by atoms with E-state index in [1.807, 2.05) is 0 Å². The Morgan fingerprint density at radius 1 is 1.57 bits per heavy atom. The standard InChI is InChI=1S/C16H24N2O3/c1-11-5-4-8-16(20,9-11)10-18-15(19)14-12(17)6-3-7-13(14)21-2/h3,6-7,11,20H,4-5,8-10,17H2,1-2H3,(H,18,19). The van der Waals surface area contributed by atoms with Crippen molar-refractivity contribution in [2.45, 2.75) is 38.2 Å². The van der Waals surface area contributed by atoms with Gasteiger partial charge in [0.15, 0.2) is 0 Å². The third kappa shape index (κ3) is 3.67. The first-order chi connectivity index (χ1) is 9.95.